The second-order valence-electron chi connectivity index (χ2n) is 13.8. The molecule has 0 spiro atoms. The van der Waals surface area contributed by atoms with Gasteiger partial charge in [0.15, 0.2) is 0 Å². The van der Waals surface area contributed by atoms with E-state index >= 15 is 0 Å². The van der Waals surface area contributed by atoms with Gasteiger partial charge in [-0.15, -0.1) is 0 Å². The molecule has 2 saturated carbocycles. The average molecular weight is 583 g/mol. The maximum absolute atomic E-state index is 13.3. The molecule has 4 atom stereocenters. The van der Waals surface area contributed by atoms with E-state index in [0.29, 0.717) is 49.8 Å². The summed E-state index contributed by atoms with van der Waals surface area (Å²) in [5, 5.41) is 1.06. The molecule has 2 heterocycles. The molecule has 3 fully saturated rings. The van der Waals surface area contributed by atoms with Crippen LogP contribution in [-0.4, -0.2) is 57.8 Å². The molecular formula is C33H46N2O5S. The van der Waals surface area contributed by atoms with Crippen LogP contribution in [0.5, 0.6) is 5.75 Å². The number of nitrogens with zero attached hydrogens (tertiary/aromatic N) is 2. The van der Waals surface area contributed by atoms with Crippen molar-refractivity contribution < 1.29 is 23.9 Å². The SMILES string of the molecule is CC(C)(C)OC(=O)CCCOc1cccc(C(=O)N2CCC(CC3(C)SC(C[C@H]4CC5CCC4C5)=NC3=O)CC2)c1. The van der Waals surface area contributed by atoms with Gasteiger partial charge >= 0.3 is 5.97 Å². The van der Waals surface area contributed by atoms with Gasteiger partial charge in [0.25, 0.3) is 11.8 Å². The van der Waals surface area contributed by atoms with Crippen LogP contribution >= 0.6 is 11.8 Å². The van der Waals surface area contributed by atoms with Crippen molar-refractivity contribution in [2.45, 2.75) is 102 Å². The number of hydrogen-bond donors (Lipinski definition) is 0. The van der Waals surface area contributed by atoms with Gasteiger partial charge in [0.05, 0.1) is 11.7 Å². The minimum absolute atomic E-state index is 0.0108. The van der Waals surface area contributed by atoms with Crippen molar-refractivity contribution in [2.75, 3.05) is 19.7 Å². The molecular weight excluding hydrogens is 536 g/mol. The number of esters is 1. The van der Waals surface area contributed by atoms with Gasteiger partial charge in [-0.2, -0.15) is 0 Å². The summed E-state index contributed by atoms with van der Waals surface area (Å²) in [6.45, 7) is 9.40. The normalized spacial score (nSPS) is 28.2. The Kier molecular flexibility index (Phi) is 9.17. The number of amides is 2. The highest BCUT2D eigenvalue weighted by Crippen LogP contribution is 2.51. The number of fused-ring (bicyclic) bond motifs is 2. The molecule has 0 N–H and O–H groups in total. The monoisotopic (exact) mass is 582 g/mol. The van der Waals surface area contributed by atoms with E-state index in [2.05, 4.69) is 11.9 Å². The molecule has 5 rings (SSSR count). The van der Waals surface area contributed by atoms with Crippen LogP contribution in [-0.2, 0) is 14.3 Å². The summed E-state index contributed by atoms with van der Waals surface area (Å²) < 4.78 is 10.7. The molecule has 7 nitrogen and oxygen atoms in total. The number of piperidine rings is 1. The molecule has 0 aromatic heterocycles. The quantitative estimate of drug-likeness (QED) is 0.226. The number of rotatable bonds is 10. The molecule has 0 radical (unpaired) electrons. The van der Waals surface area contributed by atoms with Crippen molar-refractivity contribution in [1.29, 1.82) is 0 Å². The largest absolute Gasteiger partial charge is 0.494 e. The maximum atomic E-state index is 13.3. The lowest BCUT2D eigenvalue weighted by molar-refractivity contribution is -0.155. The average Bonchev–Trinajstić information content (AvgIpc) is 3.60. The third-order valence-corrected chi connectivity index (χ3v) is 10.5. The third kappa shape index (κ3) is 7.74. The van der Waals surface area contributed by atoms with Crippen LogP contribution in [0.4, 0.5) is 0 Å². The summed E-state index contributed by atoms with van der Waals surface area (Å²) in [7, 11) is 0. The Morgan fingerprint density at radius 3 is 2.59 bits per heavy atom. The molecule has 3 unspecified atom stereocenters. The van der Waals surface area contributed by atoms with Crippen LogP contribution in [0.3, 0.4) is 0 Å². The minimum Gasteiger partial charge on any atom is -0.494 e. The predicted molar refractivity (Wildman–Crippen MR) is 162 cm³/mol. The Bertz CT molecular complexity index is 1170. The molecule has 1 saturated heterocycles. The van der Waals surface area contributed by atoms with Crippen LogP contribution in [0.25, 0.3) is 0 Å². The molecule has 2 bridgehead atoms. The number of ether oxygens (including phenoxy) is 2. The lowest BCUT2D eigenvalue weighted by atomic mass is 9.86. The van der Waals surface area contributed by atoms with E-state index in [-0.39, 0.29) is 17.8 Å². The standard InChI is InChI=1S/C33H46N2O5S/c1-32(2,3)40-29(36)9-6-16-39-27-8-5-7-25(19-27)30(37)35-14-12-22(13-15-35)21-33(4)31(38)34-28(41-33)20-26-18-23-10-11-24(26)17-23/h5,7-8,19,22-24,26H,6,9-18,20-21H2,1-4H3/t23?,24?,26-,33?/m1/s1. The summed E-state index contributed by atoms with van der Waals surface area (Å²) in [6.07, 6.45) is 9.94. The van der Waals surface area contributed by atoms with Crippen molar-refractivity contribution in [1.82, 2.24) is 4.90 Å². The Hall–Kier alpha value is -2.35. The lowest BCUT2D eigenvalue weighted by Gasteiger charge is -2.35. The van der Waals surface area contributed by atoms with Gasteiger partial charge in [-0.3, -0.25) is 14.4 Å². The fraction of sp³-hybridized carbons (Fsp3) is 0.697. The maximum Gasteiger partial charge on any atom is 0.306 e. The van der Waals surface area contributed by atoms with Gasteiger partial charge in [0, 0.05) is 25.1 Å². The van der Waals surface area contributed by atoms with Crippen LogP contribution in [0.2, 0.25) is 0 Å². The first-order valence-electron chi connectivity index (χ1n) is 15.5. The first-order valence-corrected chi connectivity index (χ1v) is 16.3. The van der Waals surface area contributed by atoms with Crippen LogP contribution in [0, 0.1) is 23.7 Å². The van der Waals surface area contributed by atoms with Gasteiger partial charge in [0.1, 0.15) is 16.1 Å². The van der Waals surface area contributed by atoms with Crippen molar-refractivity contribution in [2.24, 2.45) is 28.7 Å². The van der Waals surface area contributed by atoms with E-state index in [4.69, 9.17) is 9.47 Å². The van der Waals surface area contributed by atoms with Gasteiger partial charge in [-0.05, 0) is 121 Å². The molecule has 8 heteroatoms. The fourth-order valence-corrected chi connectivity index (χ4v) is 8.61. The molecule has 2 aliphatic carbocycles. The Labute approximate surface area is 249 Å². The number of likely N-dealkylation sites (tertiary alicyclic amines) is 1. The number of carbonyl (C=O) groups excluding carboxylic acids is 3. The van der Waals surface area contributed by atoms with E-state index < -0.39 is 10.3 Å². The molecule has 1 aromatic carbocycles. The van der Waals surface area contributed by atoms with E-state index in [9.17, 15) is 14.4 Å². The van der Waals surface area contributed by atoms with E-state index in [1.165, 1.54) is 25.7 Å². The third-order valence-electron chi connectivity index (χ3n) is 9.22. The van der Waals surface area contributed by atoms with Gasteiger partial charge in [-0.1, -0.05) is 24.2 Å². The summed E-state index contributed by atoms with van der Waals surface area (Å²) >= 11 is 1.73. The second kappa shape index (κ2) is 12.5. The Balaban J connectivity index is 1.05. The molecule has 2 amide bonds. The Morgan fingerprint density at radius 1 is 1.12 bits per heavy atom. The number of benzene rings is 1. The zero-order valence-electron chi connectivity index (χ0n) is 25.2. The van der Waals surface area contributed by atoms with Crippen molar-refractivity contribution in [3.05, 3.63) is 29.8 Å². The van der Waals surface area contributed by atoms with Gasteiger partial charge in [-0.25, -0.2) is 4.99 Å². The van der Waals surface area contributed by atoms with Crippen LogP contribution in [0.15, 0.2) is 29.3 Å². The predicted octanol–water partition coefficient (Wildman–Crippen LogP) is 6.69. The van der Waals surface area contributed by atoms with E-state index in [0.717, 1.165) is 48.5 Å². The smallest absolute Gasteiger partial charge is 0.306 e. The van der Waals surface area contributed by atoms with Crippen molar-refractivity contribution in [3.8, 4) is 5.75 Å². The molecule has 4 aliphatic rings. The van der Waals surface area contributed by atoms with Crippen molar-refractivity contribution >= 4 is 34.6 Å². The topological polar surface area (TPSA) is 85.3 Å². The number of hydrogen-bond acceptors (Lipinski definition) is 6. The number of carbonyl (C=O) groups is 3. The summed E-state index contributed by atoms with van der Waals surface area (Å²) in [5.74, 6) is 3.35. The first kappa shape index (κ1) is 30.1. The van der Waals surface area contributed by atoms with Crippen LogP contribution in [0.1, 0.15) is 102 Å². The van der Waals surface area contributed by atoms with Gasteiger partial charge < -0.3 is 14.4 Å². The number of thioether (sulfide) groups is 1. The molecule has 1 aromatic rings. The van der Waals surface area contributed by atoms with Crippen LogP contribution < -0.4 is 4.74 Å². The van der Waals surface area contributed by atoms with E-state index in [1.807, 2.05) is 43.9 Å². The van der Waals surface area contributed by atoms with E-state index in [1.54, 1.807) is 17.8 Å². The molecule has 41 heavy (non-hydrogen) atoms. The highest BCUT2D eigenvalue weighted by atomic mass is 32.2. The fourth-order valence-electron chi connectivity index (χ4n) is 7.22. The molecule has 224 valence electrons. The summed E-state index contributed by atoms with van der Waals surface area (Å²) in [6, 6.07) is 7.28. The number of aliphatic imine (C=N–C) groups is 1. The zero-order valence-corrected chi connectivity index (χ0v) is 26.0. The first-order chi connectivity index (χ1) is 19.5. The minimum atomic E-state index is -0.488. The summed E-state index contributed by atoms with van der Waals surface area (Å²) in [5.41, 5.74) is 0.123. The van der Waals surface area contributed by atoms with Crippen molar-refractivity contribution in [3.63, 3.8) is 0 Å². The highest BCUT2D eigenvalue weighted by molar-refractivity contribution is 8.16. The summed E-state index contributed by atoms with van der Waals surface area (Å²) in [4.78, 5) is 44.6. The highest BCUT2D eigenvalue weighted by Gasteiger charge is 2.46. The molecule has 2 aliphatic heterocycles. The second-order valence-corrected chi connectivity index (χ2v) is 15.4. The zero-order chi connectivity index (χ0) is 29.2. The van der Waals surface area contributed by atoms with Gasteiger partial charge in [0.2, 0.25) is 0 Å². The lowest BCUT2D eigenvalue weighted by Crippen LogP contribution is -2.40. The Morgan fingerprint density at radius 2 is 1.90 bits per heavy atom.